The number of imide groups is 1. The van der Waals surface area contributed by atoms with Crippen molar-refractivity contribution in [1.29, 1.82) is 0 Å². The Hall–Kier alpha value is -3.58. The smallest absolute Gasteiger partial charge is 0.329 e. The molecule has 0 spiro atoms. The molecule has 33 heavy (non-hydrogen) atoms. The molecule has 3 aromatic carbocycles. The van der Waals surface area contributed by atoms with Crippen molar-refractivity contribution in [3.05, 3.63) is 99.2 Å². The van der Waals surface area contributed by atoms with Gasteiger partial charge in [0.25, 0.3) is 5.91 Å². The minimum absolute atomic E-state index is 0.207. The molecule has 7 heteroatoms. The van der Waals surface area contributed by atoms with Crippen LogP contribution in [0.3, 0.4) is 0 Å². The Balaban J connectivity index is 1.53. The van der Waals surface area contributed by atoms with Gasteiger partial charge in [-0.3, -0.25) is 9.69 Å². The minimum atomic E-state index is -0.445. The molecule has 0 aliphatic carbocycles. The Morgan fingerprint density at radius 2 is 1.73 bits per heavy atom. The number of rotatable bonds is 7. The van der Waals surface area contributed by atoms with Crippen molar-refractivity contribution in [3.63, 3.8) is 0 Å². The van der Waals surface area contributed by atoms with Crippen molar-refractivity contribution in [1.82, 2.24) is 10.2 Å². The van der Waals surface area contributed by atoms with Gasteiger partial charge in [0, 0.05) is 0 Å². The Labute approximate surface area is 200 Å². The molecule has 0 bridgehead atoms. The highest BCUT2D eigenvalue weighted by Gasteiger charge is 2.33. The summed E-state index contributed by atoms with van der Waals surface area (Å²) in [4.78, 5) is 26.4. The molecular weight excluding hydrogens is 484 g/mol. The van der Waals surface area contributed by atoms with E-state index in [1.165, 1.54) is 10.5 Å². The summed E-state index contributed by atoms with van der Waals surface area (Å²) in [6.45, 7) is 2.64. The maximum absolute atomic E-state index is 12.8. The zero-order valence-corrected chi connectivity index (χ0v) is 19.9. The number of halogens is 1. The number of urea groups is 1. The van der Waals surface area contributed by atoms with E-state index < -0.39 is 6.03 Å². The number of carbonyl (C=O) groups is 2. The summed E-state index contributed by atoms with van der Waals surface area (Å²) < 4.78 is 12.2. The number of aryl methyl sites for hydroxylation is 1. The monoisotopic (exact) mass is 506 g/mol. The number of carbonyl (C=O) groups excluding carboxylic acids is 2. The maximum Gasteiger partial charge on any atom is 0.329 e. The average molecular weight is 507 g/mol. The van der Waals surface area contributed by atoms with E-state index in [9.17, 15) is 9.59 Å². The van der Waals surface area contributed by atoms with Crippen LogP contribution in [0.2, 0.25) is 0 Å². The second-order valence-electron chi connectivity index (χ2n) is 7.67. The standard InChI is InChI=1S/C26H23BrN2O4/c1-17-8-10-19(11-9-17)16-33-24-21(27)12-20(14-23(24)32-2)13-22-25(30)29(26(31)28-22)15-18-6-4-3-5-7-18/h3-14H,15-16H2,1-2H3,(H,28,31)/b22-13+. The molecule has 4 rings (SSSR count). The second-order valence-corrected chi connectivity index (χ2v) is 8.53. The fraction of sp³-hybridized carbons (Fsp3) is 0.154. The lowest BCUT2D eigenvalue weighted by Crippen LogP contribution is -2.30. The third kappa shape index (κ3) is 5.26. The number of amides is 3. The van der Waals surface area contributed by atoms with Crippen molar-refractivity contribution < 1.29 is 19.1 Å². The van der Waals surface area contributed by atoms with E-state index in [0.717, 1.165) is 11.1 Å². The molecule has 0 saturated carbocycles. The number of benzene rings is 3. The van der Waals surface area contributed by atoms with E-state index in [1.54, 1.807) is 19.3 Å². The normalized spacial score (nSPS) is 14.5. The van der Waals surface area contributed by atoms with E-state index in [2.05, 4.69) is 21.2 Å². The molecule has 1 N–H and O–H groups in total. The first-order chi connectivity index (χ1) is 15.9. The van der Waals surface area contributed by atoms with Gasteiger partial charge in [-0.2, -0.15) is 0 Å². The summed E-state index contributed by atoms with van der Waals surface area (Å²) in [5, 5.41) is 2.66. The van der Waals surface area contributed by atoms with Crippen molar-refractivity contribution in [2.24, 2.45) is 0 Å². The number of nitrogens with one attached hydrogen (secondary N) is 1. The van der Waals surface area contributed by atoms with Crippen molar-refractivity contribution >= 4 is 33.9 Å². The first kappa shape index (κ1) is 22.6. The van der Waals surface area contributed by atoms with Gasteiger partial charge in [-0.05, 0) is 57.8 Å². The van der Waals surface area contributed by atoms with Gasteiger partial charge in [0.05, 0.1) is 18.1 Å². The van der Waals surface area contributed by atoms with Crippen LogP contribution in [0.4, 0.5) is 4.79 Å². The van der Waals surface area contributed by atoms with Crippen LogP contribution in [0.15, 0.2) is 76.9 Å². The number of hydrogen-bond acceptors (Lipinski definition) is 4. The van der Waals surface area contributed by atoms with E-state index >= 15 is 0 Å². The van der Waals surface area contributed by atoms with Crippen LogP contribution in [0.25, 0.3) is 6.08 Å². The van der Waals surface area contributed by atoms with Crippen LogP contribution >= 0.6 is 15.9 Å². The predicted octanol–water partition coefficient (Wildman–Crippen LogP) is 5.44. The second kappa shape index (κ2) is 9.92. The summed E-state index contributed by atoms with van der Waals surface area (Å²) in [6.07, 6.45) is 1.63. The zero-order valence-electron chi connectivity index (χ0n) is 18.3. The van der Waals surface area contributed by atoms with Crippen molar-refractivity contribution in [3.8, 4) is 11.5 Å². The van der Waals surface area contributed by atoms with E-state index in [-0.39, 0.29) is 18.1 Å². The van der Waals surface area contributed by atoms with Gasteiger partial charge in [-0.25, -0.2) is 4.79 Å². The molecule has 0 unspecified atom stereocenters. The summed E-state index contributed by atoms with van der Waals surface area (Å²) >= 11 is 3.54. The molecule has 1 fully saturated rings. The molecule has 0 atom stereocenters. The van der Waals surface area contributed by atoms with E-state index in [0.29, 0.717) is 28.1 Å². The molecule has 1 aliphatic heterocycles. The largest absolute Gasteiger partial charge is 0.493 e. The molecular formula is C26H23BrN2O4. The van der Waals surface area contributed by atoms with Gasteiger partial charge >= 0.3 is 6.03 Å². The first-order valence-electron chi connectivity index (χ1n) is 10.4. The number of ether oxygens (including phenoxy) is 2. The van der Waals surface area contributed by atoms with Crippen LogP contribution in [-0.4, -0.2) is 23.9 Å². The Morgan fingerprint density at radius 3 is 2.42 bits per heavy atom. The molecule has 1 saturated heterocycles. The Bertz CT molecular complexity index is 1210. The lowest BCUT2D eigenvalue weighted by Gasteiger charge is -2.14. The number of methoxy groups -OCH3 is 1. The summed E-state index contributed by atoms with van der Waals surface area (Å²) in [5.41, 5.74) is 4.00. The van der Waals surface area contributed by atoms with Crippen LogP contribution in [0.1, 0.15) is 22.3 Å². The highest BCUT2D eigenvalue weighted by atomic mass is 79.9. The lowest BCUT2D eigenvalue weighted by atomic mass is 10.1. The van der Waals surface area contributed by atoms with Crippen LogP contribution in [0, 0.1) is 6.92 Å². The first-order valence-corrected chi connectivity index (χ1v) is 11.2. The van der Waals surface area contributed by atoms with E-state index in [1.807, 2.05) is 67.6 Å². The third-order valence-corrected chi connectivity index (χ3v) is 5.80. The minimum Gasteiger partial charge on any atom is -0.493 e. The fourth-order valence-electron chi connectivity index (χ4n) is 3.45. The summed E-state index contributed by atoms with van der Waals surface area (Å²) in [7, 11) is 1.56. The Kier molecular flexibility index (Phi) is 6.79. The van der Waals surface area contributed by atoms with Gasteiger partial charge in [0.1, 0.15) is 12.3 Å². The molecule has 0 aromatic heterocycles. The Morgan fingerprint density at radius 1 is 1.00 bits per heavy atom. The van der Waals surface area contributed by atoms with Crippen LogP contribution in [-0.2, 0) is 17.9 Å². The van der Waals surface area contributed by atoms with Crippen molar-refractivity contribution in [2.45, 2.75) is 20.1 Å². The molecule has 6 nitrogen and oxygen atoms in total. The van der Waals surface area contributed by atoms with Crippen LogP contribution in [0.5, 0.6) is 11.5 Å². The van der Waals surface area contributed by atoms with Crippen molar-refractivity contribution in [2.75, 3.05) is 7.11 Å². The lowest BCUT2D eigenvalue weighted by molar-refractivity contribution is -0.123. The quantitative estimate of drug-likeness (QED) is 0.342. The maximum atomic E-state index is 12.8. The average Bonchev–Trinajstić information content (AvgIpc) is 3.07. The molecule has 3 amide bonds. The molecule has 168 valence electrons. The topological polar surface area (TPSA) is 67.9 Å². The van der Waals surface area contributed by atoms with Gasteiger partial charge in [-0.1, -0.05) is 60.2 Å². The van der Waals surface area contributed by atoms with E-state index in [4.69, 9.17) is 9.47 Å². The van der Waals surface area contributed by atoms with Gasteiger partial charge in [-0.15, -0.1) is 0 Å². The highest BCUT2D eigenvalue weighted by Crippen LogP contribution is 2.38. The predicted molar refractivity (Wildman–Crippen MR) is 130 cm³/mol. The zero-order chi connectivity index (χ0) is 23.4. The third-order valence-electron chi connectivity index (χ3n) is 5.21. The highest BCUT2D eigenvalue weighted by molar-refractivity contribution is 9.10. The number of nitrogens with zero attached hydrogens (tertiary/aromatic N) is 1. The number of hydrogen-bond donors (Lipinski definition) is 1. The summed E-state index contributed by atoms with van der Waals surface area (Å²) in [6, 6.07) is 20.6. The molecule has 1 aliphatic rings. The molecule has 0 radical (unpaired) electrons. The SMILES string of the molecule is COc1cc(/C=C2/NC(=O)N(Cc3ccccc3)C2=O)cc(Br)c1OCc1ccc(C)cc1. The summed E-state index contributed by atoms with van der Waals surface area (Å²) in [5.74, 6) is 0.701. The molecule has 1 heterocycles. The molecule has 3 aromatic rings. The van der Waals surface area contributed by atoms with Crippen LogP contribution < -0.4 is 14.8 Å². The van der Waals surface area contributed by atoms with Gasteiger partial charge in [0.15, 0.2) is 11.5 Å². The van der Waals surface area contributed by atoms with Gasteiger partial charge in [0.2, 0.25) is 0 Å². The fourth-order valence-corrected chi connectivity index (χ4v) is 4.03. The van der Waals surface area contributed by atoms with Gasteiger partial charge < -0.3 is 14.8 Å².